The molecule has 4 aromatic rings. The molecule has 0 amide bonds. The number of halogens is 2. The van der Waals surface area contributed by atoms with E-state index in [2.05, 4.69) is 15.2 Å². The molecule has 0 saturated carbocycles. The number of rotatable bonds is 5. The number of fused-ring (bicyclic) bond motifs is 1. The van der Waals surface area contributed by atoms with Crippen molar-refractivity contribution in [3.63, 3.8) is 0 Å². The summed E-state index contributed by atoms with van der Waals surface area (Å²) in [7, 11) is 0. The zero-order valence-corrected chi connectivity index (χ0v) is 14.1. The smallest absolute Gasteiger partial charge is 0.137 e. The molecule has 7 nitrogen and oxygen atoms in total. The lowest BCUT2D eigenvalue weighted by molar-refractivity contribution is -0.00828. The van der Waals surface area contributed by atoms with E-state index >= 15 is 0 Å². The minimum absolute atomic E-state index is 0.0570. The SMILES string of the molecule is Nc1ccc2cn(CC(O)(Cn3cncn3)c3ccc(F)cc3F)nc2c1. The number of nitrogens with zero attached hydrogens (tertiary/aromatic N) is 5. The zero-order chi connectivity index (χ0) is 19.0. The third kappa shape index (κ3) is 3.36. The van der Waals surface area contributed by atoms with Gasteiger partial charge in [0, 0.05) is 28.9 Å². The lowest BCUT2D eigenvalue weighted by Gasteiger charge is -2.28. The van der Waals surface area contributed by atoms with Gasteiger partial charge >= 0.3 is 0 Å². The van der Waals surface area contributed by atoms with Gasteiger partial charge in [-0.15, -0.1) is 0 Å². The van der Waals surface area contributed by atoms with Crippen molar-refractivity contribution in [3.05, 3.63) is 72.4 Å². The molecule has 3 N–H and O–H groups in total. The standard InChI is InChI=1S/C18H16F2N6O/c19-13-2-4-15(16(20)5-13)18(27,9-26-11-22-10-23-26)8-25-7-12-1-3-14(21)6-17(12)24-25/h1-7,10-11,27H,8-9,21H2. The third-order valence-electron chi connectivity index (χ3n) is 4.32. The average molecular weight is 370 g/mol. The maximum Gasteiger partial charge on any atom is 0.137 e. The Hall–Kier alpha value is -3.33. The lowest BCUT2D eigenvalue weighted by Crippen LogP contribution is -2.37. The molecule has 27 heavy (non-hydrogen) atoms. The molecule has 0 saturated heterocycles. The Morgan fingerprint density at radius 1 is 1.07 bits per heavy atom. The predicted octanol–water partition coefficient (Wildman–Crippen LogP) is 2.08. The molecule has 0 radical (unpaired) electrons. The summed E-state index contributed by atoms with van der Waals surface area (Å²) in [6, 6.07) is 8.33. The van der Waals surface area contributed by atoms with E-state index in [0.717, 1.165) is 17.5 Å². The van der Waals surface area contributed by atoms with E-state index in [9.17, 15) is 13.9 Å². The lowest BCUT2D eigenvalue weighted by atomic mass is 9.93. The maximum atomic E-state index is 14.4. The summed E-state index contributed by atoms with van der Waals surface area (Å²) in [6.07, 6.45) is 4.45. The maximum absolute atomic E-state index is 14.4. The number of aromatic nitrogens is 5. The Balaban J connectivity index is 1.76. The molecule has 0 fully saturated rings. The Morgan fingerprint density at radius 3 is 2.63 bits per heavy atom. The van der Waals surface area contributed by atoms with Gasteiger partial charge < -0.3 is 10.8 Å². The van der Waals surface area contributed by atoms with Crippen molar-refractivity contribution in [1.82, 2.24) is 24.5 Å². The van der Waals surface area contributed by atoms with Crippen LogP contribution in [-0.2, 0) is 18.7 Å². The highest BCUT2D eigenvalue weighted by Gasteiger charge is 2.34. The fourth-order valence-corrected chi connectivity index (χ4v) is 3.10. The number of anilines is 1. The van der Waals surface area contributed by atoms with Crippen LogP contribution in [0.4, 0.5) is 14.5 Å². The molecule has 0 aliphatic heterocycles. The summed E-state index contributed by atoms with van der Waals surface area (Å²) in [5, 5.41) is 20.5. The molecule has 2 aromatic carbocycles. The molecule has 0 aliphatic rings. The second-order valence-electron chi connectivity index (χ2n) is 6.39. The first-order chi connectivity index (χ1) is 12.9. The number of hydrogen-bond acceptors (Lipinski definition) is 5. The molecule has 1 unspecified atom stereocenters. The number of hydrogen-bond donors (Lipinski definition) is 2. The van der Waals surface area contributed by atoms with Crippen LogP contribution in [0.25, 0.3) is 10.9 Å². The number of nitrogen functional groups attached to an aromatic ring is 1. The Bertz CT molecular complexity index is 1090. The van der Waals surface area contributed by atoms with Gasteiger partial charge in [-0.2, -0.15) is 10.2 Å². The van der Waals surface area contributed by atoms with Crippen molar-refractivity contribution in [1.29, 1.82) is 0 Å². The van der Waals surface area contributed by atoms with Gasteiger partial charge in [-0.25, -0.2) is 18.4 Å². The topological polar surface area (TPSA) is 94.8 Å². The van der Waals surface area contributed by atoms with Gasteiger partial charge in [0.25, 0.3) is 0 Å². The number of nitrogens with two attached hydrogens (primary N) is 1. The molecule has 0 aliphatic carbocycles. The van der Waals surface area contributed by atoms with Gasteiger partial charge in [0.1, 0.15) is 29.9 Å². The second-order valence-corrected chi connectivity index (χ2v) is 6.39. The molecule has 0 spiro atoms. The van der Waals surface area contributed by atoms with E-state index in [-0.39, 0.29) is 18.7 Å². The summed E-state index contributed by atoms with van der Waals surface area (Å²) in [5.41, 5.74) is 5.20. The molecular formula is C18H16F2N6O. The van der Waals surface area contributed by atoms with Crippen LogP contribution in [-0.4, -0.2) is 29.7 Å². The third-order valence-corrected chi connectivity index (χ3v) is 4.32. The van der Waals surface area contributed by atoms with Crippen LogP contribution in [0.1, 0.15) is 5.56 Å². The quantitative estimate of drug-likeness (QED) is 0.525. The highest BCUT2D eigenvalue weighted by Crippen LogP contribution is 2.29. The normalized spacial score (nSPS) is 13.7. The summed E-state index contributed by atoms with van der Waals surface area (Å²) in [4.78, 5) is 3.84. The molecule has 138 valence electrons. The fourth-order valence-electron chi connectivity index (χ4n) is 3.10. The van der Waals surface area contributed by atoms with E-state index in [0.29, 0.717) is 11.2 Å². The van der Waals surface area contributed by atoms with Gasteiger partial charge in [-0.1, -0.05) is 6.07 Å². The van der Waals surface area contributed by atoms with Gasteiger partial charge in [-0.05, 0) is 24.3 Å². The van der Waals surface area contributed by atoms with Crippen molar-refractivity contribution >= 4 is 16.6 Å². The number of benzene rings is 2. The fraction of sp³-hybridized carbons (Fsp3) is 0.167. The first-order valence-electron chi connectivity index (χ1n) is 8.16. The van der Waals surface area contributed by atoms with Crippen LogP contribution in [0.2, 0.25) is 0 Å². The zero-order valence-electron chi connectivity index (χ0n) is 14.1. The highest BCUT2D eigenvalue weighted by molar-refractivity contribution is 5.81. The van der Waals surface area contributed by atoms with Crippen molar-refractivity contribution < 1.29 is 13.9 Å². The van der Waals surface area contributed by atoms with Crippen molar-refractivity contribution in [3.8, 4) is 0 Å². The van der Waals surface area contributed by atoms with Crippen LogP contribution in [0, 0.1) is 11.6 Å². The van der Waals surface area contributed by atoms with Crippen molar-refractivity contribution in [2.24, 2.45) is 0 Å². The summed E-state index contributed by atoms with van der Waals surface area (Å²) in [6.45, 7) is -0.169. The Labute approximate surface area is 152 Å². The predicted molar refractivity (Wildman–Crippen MR) is 94.4 cm³/mol. The number of aliphatic hydroxyl groups is 1. The minimum Gasteiger partial charge on any atom is -0.399 e. The molecule has 9 heteroatoms. The average Bonchev–Trinajstić information content (AvgIpc) is 3.23. The van der Waals surface area contributed by atoms with Gasteiger partial charge in [0.05, 0.1) is 18.6 Å². The highest BCUT2D eigenvalue weighted by atomic mass is 19.1. The van der Waals surface area contributed by atoms with Crippen LogP contribution >= 0.6 is 0 Å². The van der Waals surface area contributed by atoms with Crippen molar-refractivity contribution in [2.45, 2.75) is 18.7 Å². The summed E-state index contributed by atoms with van der Waals surface area (Å²) < 4.78 is 30.7. The van der Waals surface area contributed by atoms with Crippen LogP contribution in [0.15, 0.2) is 55.2 Å². The van der Waals surface area contributed by atoms with E-state index in [1.54, 1.807) is 18.3 Å². The van der Waals surface area contributed by atoms with Gasteiger partial charge in [0.2, 0.25) is 0 Å². The van der Waals surface area contributed by atoms with E-state index in [1.165, 1.54) is 28.1 Å². The van der Waals surface area contributed by atoms with E-state index in [1.807, 2.05) is 6.07 Å². The first kappa shape index (κ1) is 17.1. The van der Waals surface area contributed by atoms with Gasteiger partial charge in [-0.3, -0.25) is 4.68 Å². The molecule has 2 heterocycles. The monoisotopic (exact) mass is 370 g/mol. The summed E-state index contributed by atoms with van der Waals surface area (Å²) in [5.74, 6) is -1.57. The van der Waals surface area contributed by atoms with Gasteiger partial charge in [0.15, 0.2) is 0 Å². The molecule has 2 aromatic heterocycles. The van der Waals surface area contributed by atoms with Crippen LogP contribution in [0.5, 0.6) is 0 Å². The Morgan fingerprint density at radius 2 is 1.89 bits per heavy atom. The molecule has 1 atom stereocenters. The Kier molecular flexibility index (Phi) is 4.08. The van der Waals surface area contributed by atoms with Crippen LogP contribution in [0.3, 0.4) is 0 Å². The van der Waals surface area contributed by atoms with Crippen LogP contribution < -0.4 is 5.73 Å². The minimum atomic E-state index is -1.74. The first-order valence-corrected chi connectivity index (χ1v) is 8.16. The van der Waals surface area contributed by atoms with Crippen molar-refractivity contribution in [2.75, 3.05) is 5.73 Å². The largest absolute Gasteiger partial charge is 0.399 e. The van der Waals surface area contributed by atoms with E-state index < -0.39 is 17.2 Å². The summed E-state index contributed by atoms with van der Waals surface area (Å²) >= 11 is 0. The molecular weight excluding hydrogens is 354 g/mol. The molecule has 0 bridgehead atoms. The molecule has 4 rings (SSSR count). The second kappa shape index (κ2) is 6.44. The van der Waals surface area contributed by atoms with E-state index in [4.69, 9.17) is 5.73 Å².